The van der Waals surface area contributed by atoms with Crippen LogP contribution in [0.5, 0.6) is 11.5 Å². The number of para-hydroxylation sites is 1. The average molecular weight is 422 g/mol. The SMILES string of the molecule is COc1cc2c(N[C@@H]3CCOC3)c3ccccc3nc2cc1OCCCN1CCCC1. The van der Waals surface area contributed by atoms with Gasteiger partial charge in [-0.15, -0.1) is 0 Å². The van der Waals surface area contributed by atoms with Gasteiger partial charge >= 0.3 is 0 Å². The Kier molecular flexibility index (Phi) is 6.09. The smallest absolute Gasteiger partial charge is 0.163 e. The van der Waals surface area contributed by atoms with Gasteiger partial charge < -0.3 is 24.4 Å². The van der Waals surface area contributed by atoms with Crippen molar-refractivity contribution in [2.24, 2.45) is 0 Å². The molecular formula is C25H31N3O3. The van der Waals surface area contributed by atoms with E-state index in [-0.39, 0.29) is 0 Å². The minimum Gasteiger partial charge on any atom is -0.493 e. The van der Waals surface area contributed by atoms with E-state index in [9.17, 15) is 0 Å². The molecular weight excluding hydrogens is 390 g/mol. The fraction of sp³-hybridized carbons (Fsp3) is 0.480. The van der Waals surface area contributed by atoms with Gasteiger partial charge in [0.15, 0.2) is 11.5 Å². The molecule has 31 heavy (non-hydrogen) atoms. The summed E-state index contributed by atoms with van der Waals surface area (Å²) in [6.07, 6.45) is 4.67. The molecule has 0 radical (unpaired) electrons. The van der Waals surface area contributed by atoms with Crippen molar-refractivity contribution >= 4 is 27.5 Å². The Morgan fingerprint density at radius 2 is 1.97 bits per heavy atom. The summed E-state index contributed by atoms with van der Waals surface area (Å²) in [5.74, 6) is 1.51. The van der Waals surface area contributed by atoms with E-state index in [1.54, 1.807) is 7.11 Å². The van der Waals surface area contributed by atoms with Crippen LogP contribution in [0.4, 0.5) is 5.69 Å². The molecule has 2 saturated heterocycles. The van der Waals surface area contributed by atoms with E-state index in [4.69, 9.17) is 19.2 Å². The van der Waals surface area contributed by atoms with Crippen molar-refractivity contribution in [2.45, 2.75) is 31.7 Å². The number of rotatable bonds is 8. The molecule has 5 rings (SSSR count). The van der Waals surface area contributed by atoms with Crippen LogP contribution in [0, 0.1) is 0 Å². The fourth-order valence-electron chi connectivity index (χ4n) is 4.66. The first-order valence-corrected chi connectivity index (χ1v) is 11.4. The minimum absolute atomic E-state index is 0.307. The molecule has 0 amide bonds. The van der Waals surface area contributed by atoms with E-state index < -0.39 is 0 Å². The molecule has 2 fully saturated rings. The highest BCUT2D eigenvalue weighted by Gasteiger charge is 2.20. The van der Waals surface area contributed by atoms with E-state index in [1.807, 2.05) is 12.1 Å². The molecule has 6 nitrogen and oxygen atoms in total. The lowest BCUT2D eigenvalue weighted by Crippen LogP contribution is -2.22. The number of ether oxygens (including phenoxy) is 3. The summed E-state index contributed by atoms with van der Waals surface area (Å²) in [7, 11) is 1.70. The van der Waals surface area contributed by atoms with Gasteiger partial charge in [0, 0.05) is 30.0 Å². The number of benzene rings is 2. The molecule has 2 aliphatic rings. The topological polar surface area (TPSA) is 55.9 Å². The third-order valence-electron chi connectivity index (χ3n) is 6.32. The highest BCUT2D eigenvalue weighted by molar-refractivity contribution is 6.08. The van der Waals surface area contributed by atoms with Crippen molar-refractivity contribution in [3.8, 4) is 11.5 Å². The van der Waals surface area contributed by atoms with E-state index >= 15 is 0 Å². The summed E-state index contributed by atoms with van der Waals surface area (Å²) < 4.78 is 17.4. The van der Waals surface area contributed by atoms with Crippen molar-refractivity contribution in [3.05, 3.63) is 36.4 Å². The molecule has 0 aliphatic carbocycles. The molecule has 164 valence electrons. The fourth-order valence-corrected chi connectivity index (χ4v) is 4.66. The van der Waals surface area contributed by atoms with Gasteiger partial charge in [0.1, 0.15) is 0 Å². The van der Waals surface area contributed by atoms with Gasteiger partial charge in [0.05, 0.1) is 43.1 Å². The second-order valence-electron chi connectivity index (χ2n) is 8.48. The first-order valence-electron chi connectivity index (χ1n) is 11.4. The van der Waals surface area contributed by atoms with Crippen LogP contribution in [-0.4, -0.2) is 62.5 Å². The summed E-state index contributed by atoms with van der Waals surface area (Å²) in [5, 5.41) is 5.88. The molecule has 3 aromatic rings. The number of methoxy groups -OCH3 is 1. The Morgan fingerprint density at radius 1 is 1.10 bits per heavy atom. The van der Waals surface area contributed by atoms with Crippen LogP contribution in [0.25, 0.3) is 21.8 Å². The lowest BCUT2D eigenvalue weighted by molar-refractivity contribution is 0.195. The normalized spacial score (nSPS) is 19.3. The standard InChI is InChI=1S/C25H31N3O3/c1-29-23-15-20-22(16-24(23)31-13-6-12-28-10-4-5-11-28)27-21-8-3-2-7-19(21)25(20)26-18-9-14-30-17-18/h2-3,7-8,15-16,18H,4-6,9-14,17H2,1H3,(H,26,27)/t18-/m1/s1. The molecule has 0 saturated carbocycles. The van der Waals surface area contributed by atoms with E-state index in [0.29, 0.717) is 12.6 Å². The number of nitrogens with one attached hydrogen (secondary N) is 1. The number of pyridine rings is 1. The van der Waals surface area contributed by atoms with Crippen LogP contribution in [0.1, 0.15) is 25.7 Å². The number of nitrogens with zero attached hydrogens (tertiary/aromatic N) is 2. The second-order valence-corrected chi connectivity index (χ2v) is 8.48. The van der Waals surface area contributed by atoms with Gasteiger partial charge in [-0.25, -0.2) is 4.98 Å². The monoisotopic (exact) mass is 421 g/mol. The van der Waals surface area contributed by atoms with Gasteiger partial charge in [-0.3, -0.25) is 0 Å². The van der Waals surface area contributed by atoms with Crippen molar-refractivity contribution in [1.82, 2.24) is 9.88 Å². The first kappa shape index (κ1) is 20.3. The average Bonchev–Trinajstić information content (AvgIpc) is 3.50. The minimum atomic E-state index is 0.307. The van der Waals surface area contributed by atoms with Crippen LogP contribution in [0.3, 0.4) is 0 Å². The van der Waals surface area contributed by atoms with Gasteiger partial charge in [-0.1, -0.05) is 18.2 Å². The summed E-state index contributed by atoms with van der Waals surface area (Å²) in [6.45, 7) is 5.74. The van der Waals surface area contributed by atoms with Crippen molar-refractivity contribution < 1.29 is 14.2 Å². The predicted molar refractivity (Wildman–Crippen MR) is 124 cm³/mol. The summed E-state index contributed by atoms with van der Waals surface area (Å²) in [6, 6.07) is 12.7. The highest BCUT2D eigenvalue weighted by atomic mass is 16.5. The first-order chi connectivity index (χ1) is 15.3. The zero-order valence-corrected chi connectivity index (χ0v) is 18.2. The molecule has 1 aromatic heterocycles. The molecule has 1 N–H and O–H groups in total. The maximum absolute atomic E-state index is 6.15. The zero-order chi connectivity index (χ0) is 21.0. The third-order valence-corrected chi connectivity index (χ3v) is 6.32. The largest absolute Gasteiger partial charge is 0.493 e. The number of fused-ring (bicyclic) bond motifs is 2. The van der Waals surface area contributed by atoms with Gasteiger partial charge in [0.25, 0.3) is 0 Å². The molecule has 0 unspecified atom stereocenters. The Morgan fingerprint density at radius 3 is 2.77 bits per heavy atom. The summed E-state index contributed by atoms with van der Waals surface area (Å²) >= 11 is 0. The number of aromatic nitrogens is 1. The number of anilines is 1. The van der Waals surface area contributed by atoms with Gasteiger partial charge in [-0.05, 0) is 50.9 Å². The maximum Gasteiger partial charge on any atom is 0.163 e. The highest BCUT2D eigenvalue weighted by Crippen LogP contribution is 2.38. The maximum atomic E-state index is 6.15. The quantitative estimate of drug-likeness (QED) is 0.428. The Hall–Kier alpha value is -2.57. The molecule has 6 heteroatoms. The van der Waals surface area contributed by atoms with Gasteiger partial charge in [-0.2, -0.15) is 0 Å². The number of hydrogen-bond donors (Lipinski definition) is 1. The van der Waals surface area contributed by atoms with Crippen LogP contribution in [0.2, 0.25) is 0 Å². The second kappa shape index (κ2) is 9.28. The van der Waals surface area contributed by atoms with E-state index in [2.05, 4.69) is 34.5 Å². The van der Waals surface area contributed by atoms with Crippen molar-refractivity contribution in [3.63, 3.8) is 0 Å². The van der Waals surface area contributed by atoms with E-state index in [1.165, 1.54) is 25.9 Å². The Balaban J connectivity index is 1.45. The summed E-state index contributed by atoms with van der Waals surface area (Å²) in [5.41, 5.74) is 2.98. The molecule has 2 aromatic carbocycles. The van der Waals surface area contributed by atoms with Crippen LogP contribution >= 0.6 is 0 Å². The molecule has 1 atom stereocenters. The Labute approximate surface area is 183 Å². The van der Waals surface area contributed by atoms with Crippen LogP contribution in [-0.2, 0) is 4.74 Å². The molecule has 0 bridgehead atoms. The molecule has 0 spiro atoms. The summed E-state index contributed by atoms with van der Waals surface area (Å²) in [4.78, 5) is 7.44. The lowest BCUT2D eigenvalue weighted by Gasteiger charge is -2.19. The third kappa shape index (κ3) is 4.41. The van der Waals surface area contributed by atoms with Crippen LogP contribution in [0.15, 0.2) is 36.4 Å². The van der Waals surface area contributed by atoms with Crippen LogP contribution < -0.4 is 14.8 Å². The molecule has 2 aliphatic heterocycles. The van der Waals surface area contributed by atoms with Crippen molar-refractivity contribution in [1.29, 1.82) is 0 Å². The Bertz CT molecular complexity index is 1040. The predicted octanol–water partition coefficient (Wildman–Crippen LogP) is 4.46. The van der Waals surface area contributed by atoms with E-state index in [0.717, 1.165) is 71.6 Å². The number of likely N-dealkylation sites (tertiary alicyclic amines) is 1. The number of hydrogen-bond acceptors (Lipinski definition) is 6. The lowest BCUT2D eigenvalue weighted by atomic mass is 10.1. The van der Waals surface area contributed by atoms with Crippen molar-refractivity contribution in [2.75, 3.05) is 51.9 Å². The zero-order valence-electron chi connectivity index (χ0n) is 18.2. The van der Waals surface area contributed by atoms with Gasteiger partial charge in [0.2, 0.25) is 0 Å². The molecule has 3 heterocycles.